The highest BCUT2D eigenvalue weighted by Gasteiger charge is 2.62. The maximum Gasteiger partial charge on any atom is 0.283 e. The molecule has 0 radical (unpaired) electrons. The number of nitrogens with one attached hydrogen (secondary N) is 1. The Labute approximate surface area is 198 Å². The van der Waals surface area contributed by atoms with E-state index in [4.69, 9.17) is 4.55 Å². The van der Waals surface area contributed by atoms with Crippen LogP contribution >= 0.6 is 0 Å². The molecule has 190 valence electrons. The molecule has 0 bridgehead atoms. The molecule has 0 aromatic heterocycles. The summed E-state index contributed by atoms with van der Waals surface area (Å²) in [6.07, 6.45) is 8.57. The number of amides is 1. The molecule has 33 heavy (non-hydrogen) atoms. The maximum absolute atomic E-state index is 12.1. The number of carbonyl (C=O) groups excluding carboxylic acids is 1. The highest BCUT2D eigenvalue weighted by Crippen LogP contribution is 2.68. The fraction of sp³-hybridized carbons (Fsp3) is 0.960. The van der Waals surface area contributed by atoms with Gasteiger partial charge >= 0.3 is 0 Å². The van der Waals surface area contributed by atoms with E-state index in [9.17, 15) is 23.4 Å². The van der Waals surface area contributed by atoms with E-state index in [1.165, 1.54) is 0 Å². The highest BCUT2D eigenvalue weighted by molar-refractivity contribution is 7.85. The average Bonchev–Trinajstić information content (AvgIpc) is 3.08. The molecule has 0 aliphatic heterocycles. The molecule has 8 heteroatoms. The summed E-state index contributed by atoms with van der Waals surface area (Å²) < 4.78 is 30.5. The molecule has 0 unspecified atom stereocenters. The van der Waals surface area contributed by atoms with Gasteiger partial charge in [0.25, 0.3) is 10.1 Å². The minimum absolute atomic E-state index is 0.157. The Morgan fingerprint density at radius 2 is 1.70 bits per heavy atom. The van der Waals surface area contributed by atoms with Gasteiger partial charge in [0.2, 0.25) is 5.91 Å². The van der Waals surface area contributed by atoms with Crippen LogP contribution in [-0.4, -0.2) is 47.2 Å². The summed E-state index contributed by atoms with van der Waals surface area (Å²) in [5.74, 6) is 1.51. The number of aliphatic hydroxyl groups excluding tert-OH is 2. The number of aliphatic hydroxyl groups is 2. The van der Waals surface area contributed by atoms with E-state index >= 15 is 0 Å². The SMILES string of the molecule is C[C@H](CCC(=O)NCS(=O)(=O)O)[C@H]1CC[C@H]2[C@@H]3[C@H](O)C[C@@H]4C[C@H](O)CC[C@]4(C)[C@H]3CC[C@]12C. The van der Waals surface area contributed by atoms with Crippen LogP contribution in [0.5, 0.6) is 0 Å². The summed E-state index contributed by atoms with van der Waals surface area (Å²) in [7, 11) is -4.20. The van der Waals surface area contributed by atoms with Crippen molar-refractivity contribution in [1.82, 2.24) is 5.32 Å². The lowest BCUT2D eigenvalue weighted by atomic mass is 9.43. The fourth-order valence-electron chi connectivity index (χ4n) is 9.00. The Kier molecular flexibility index (Phi) is 6.98. The standard InChI is InChI=1S/C25H43NO6S/c1-15(4-7-22(29)26-14-33(30,31)32)18-5-6-19-23-20(9-11-25(18,19)3)24(2)10-8-17(27)12-16(24)13-21(23)28/h15-21,23,27-28H,4-14H2,1-3H3,(H,26,29)(H,30,31,32)/t15-,16+,17-,18-,19+,20+,21-,23+,24+,25-/m1/s1. The largest absolute Gasteiger partial charge is 0.393 e. The normalized spacial score (nSPS) is 46.1. The van der Waals surface area contributed by atoms with Crippen LogP contribution in [0.1, 0.15) is 85.0 Å². The molecule has 7 nitrogen and oxygen atoms in total. The molecule has 0 aromatic carbocycles. The van der Waals surface area contributed by atoms with Crippen LogP contribution in [0.15, 0.2) is 0 Å². The van der Waals surface area contributed by atoms with Gasteiger partial charge in [-0.15, -0.1) is 0 Å². The predicted molar refractivity (Wildman–Crippen MR) is 126 cm³/mol. The van der Waals surface area contributed by atoms with E-state index in [0.29, 0.717) is 41.9 Å². The molecule has 4 rings (SSSR count). The Morgan fingerprint density at radius 1 is 1.03 bits per heavy atom. The first kappa shape index (κ1) is 25.4. The van der Waals surface area contributed by atoms with Crippen molar-refractivity contribution >= 4 is 16.0 Å². The summed E-state index contributed by atoms with van der Waals surface area (Å²) in [4.78, 5) is 12.1. The smallest absolute Gasteiger partial charge is 0.283 e. The molecule has 4 fully saturated rings. The summed E-state index contributed by atoms with van der Waals surface area (Å²) in [6, 6.07) is 0. The lowest BCUT2D eigenvalue weighted by Crippen LogP contribution is -2.58. The van der Waals surface area contributed by atoms with Crippen LogP contribution in [0.2, 0.25) is 0 Å². The summed E-state index contributed by atoms with van der Waals surface area (Å²) >= 11 is 0. The van der Waals surface area contributed by atoms with E-state index in [1.54, 1.807) is 0 Å². The first-order valence-corrected chi connectivity index (χ1v) is 14.5. The quantitative estimate of drug-likeness (QED) is 0.428. The van der Waals surface area contributed by atoms with E-state index in [2.05, 4.69) is 26.1 Å². The van der Waals surface area contributed by atoms with Gasteiger partial charge in [-0.3, -0.25) is 9.35 Å². The molecule has 1 amide bonds. The summed E-state index contributed by atoms with van der Waals surface area (Å²) in [5, 5.41) is 23.9. The molecule has 4 aliphatic rings. The summed E-state index contributed by atoms with van der Waals surface area (Å²) in [6.45, 7) is 7.04. The molecular formula is C25H43NO6S. The van der Waals surface area contributed by atoms with Gasteiger partial charge in [0.15, 0.2) is 0 Å². The lowest BCUT2D eigenvalue weighted by molar-refractivity contribution is -0.174. The average molecular weight is 486 g/mol. The van der Waals surface area contributed by atoms with Gasteiger partial charge < -0.3 is 15.5 Å². The fourth-order valence-corrected chi connectivity index (χ4v) is 9.34. The molecule has 0 heterocycles. The Morgan fingerprint density at radius 3 is 2.39 bits per heavy atom. The van der Waals surface area contributed by atoms with Crippen LogP contribution in [-0.2, 0) is 14.9 Å². The van der Waals surface area contributed by atoms with Crippen LogP contribution in [0.25, 0.3) is 0 Å². The van der Waals surface area contributed by atoms with Crippen LogP contribution < -0.4 is 5.32 Å². The number of hydrogen-bond donors (Lipinski definition) is 4. The van der Waals surface area contributed by atoms with E-state index in [0.717, 1.165) is 51.4 Å². The van der Waals surface area contributed by atoms with Crippen LogP contribution in [0.3, 0.4) is 0 Å². The van der Waals surface area contributed by atoms with E-state index in [1.807, 2.05) is 0 Å². The second-order valence-electron chi connectivity index (χ2n) is 12.3. The lowest BCUT2D eigenvalue weighted by Gasteiger charge is -2.62. The van der Waals surface area contributed by atoms with Gasteiger partial charge in [0.1, 0.15) is 5.88 Å². The number of fused-ring (bicyclic) bond motifs is 5. The number of hydrogen-bond acceptors (Lipinski definition) is 5. The second kappa shape index (κ2) is 9.07. The highest BCUT2D eigenvalue weighted by atomic mass is 32.2. The first-order chi connectivity index (χ1) is 15.3. The molecular weight excluding hydrogens is 442 g/mol. The topological polar surface area (TPSA) is 124 Å². The van der Waals surface area contributed by atoms with Gasteiger partial charge in [-0.05, 0) is 104 Å². The molecule has 4 saturated carbocycles. The van der Waals surface area contributed by atoms with Crippen molar-refractivity contribution in [3.8, 4) is 0 Å². The number of rotatable bonds is 6. The zero-order chi connectivity index (χ0) is 24.2. The van der Waals surface area contributed by atoms with Crippen molar-refractivity contribution in [1.29, 1.82) is 0 Å². The van der Waals surface area contributed by atoms with Crippen molar-refractivity contribution in [3.05, 3.63) is 0 Å². The zero-order valence-electron chi connectivity index (χ0n) is 20.4. The molecule has 0 saturated heterocycles. The Hall–Kier alpha value is -0.700. The second-order valence-corrected chi connectivity index (χ2v) is 13.7. The third-order valence-electron chi connectivity index (χ3n) is 10.7. The molecule has 4 N–H and O–H groups in total. The summed E-state index contributed by atoms with van der Waals surface area (Å²) in [5.41, 5.74) is 0.378. The van der Waals surface area contributed by atoms with Gasteiger partial charge in [0, 0.05) is 6.42 Å². The third-order valence-corrected chi connectivity index (χ3v) is 11.2. The zero-order valence-corrected chi connectivity index (χ0v) is 21.2. The minimum Gasteiger partial charge on any atom is -0.393 e. The van der Waals surface area contributed by atoms with Gasteiger partial charge in [-0.2, -0.15) is 8.42 Å². The van der Waals surface area contributed by atoms with Crippen molar-refractivity contribution < 1.29 is 28.0 Å². The Balaban J connectivity index is 1.43. The maximum atomic E-state index is 12.1. The monoisotopic (exact) mass is 485 g/mol. The third kappa shape index (κ3) is 4.74. The van der Waals surface area contributed by atoms with Crippen LogP contribution in [0, 0.1) is 46.3 Å². The van der Waals surface area contributed by atoms with Gasteiger partial charge in [-0.1, -0.05) is 20.8 Å². The van der Waals surface area contributed by atoms with Gasteiger partial charge in [-0.25, -0.2) is 0 Å². The van der Waals surface area contributed by atoms with Crippen LogP contribution in [0.4, 0.5) is 0 Å². The molecule has 0 spiro atoms. The predicted octanol–water partition coefficient (Wildman–Crippen LogP) is 3.35. The van der Waals surface area contributed by atoms with Crippen molar-refractivity contribution in [2.24, 2.45) is 46.3 Å². The van der Waals surface area contributed by atoms with Gasteiger partial charge in [0.05, 0.1) is 12.2 Å². The molecule has 10 atom stereocenters. The van der Waals surface area contributed by atoms with E-state index in [-0.39, 0.29) is 35.4 Å². The van der Waals surface area contributed by atoms with Crippen molar-refractivity contribution in [3.63, 3.8) is 0 Å². The van der Waals surface area contributed by atoms with Crippen molar-refractivity contribution in [2.75, 3.05) is 5.88 Å². The Bertz CT molecular complexity index is 848. The molecule has 4 aliphatic carbocycles. The first-order valence-electron chi connectivity index (χ1n) is 12.9. The minimum atomic E-state index is -4.20. The van der Waals surface area contributed by atoms with E-state index < -0.39 is 16.0 Å². The number of carbonyl (C=O) groups is 1. The molecule has 0 aromatic rings. The van der Waals surface area contributed by atoms with Crippen molar-refractivity contribution in [2.45, 2.75) is 97.2 Å².